The van der Waals surface area contributed by atoms with Crippen LogP contribution >= 0.6 is 0 Å². The molecule has 1 aromatic rings. The Bertz CT molecular complexity index is 586. The third-order valence-electron chi connectivity index (χ3n) is 5.37. The van der Waals surface area contributed by atoms with Gasteiger partial charge in [0.1, 0.15) is 6.61 Å². The van der Waals surface area contributed by atoms with E-state index in [1.54, 1.807) is 7.11 Å². The van der Waals surface area contributed by atoms with Gasteiger partial charge in [0.15, 0.2) is 5.96 Å². The van der Waals surface area contributed by atoms with Crippen molar-refractivity contribution in [3.8, 4) is 5.88 Å². The van der Waals surface area contributed by atoms with Crippen LogP contribution in [0.25, 0.3) is 0 Å². The zero-order valence-corrected chi connectivity index (χ0v) is 18.3. The smallest absolute Gasteiger partial charge is 0.213 e. The van der Waals surface area contributed by atoms with Crippen LogP contribution in [-0.4, -0.2) is 57.6 Å². The van der Waals surface area contributed by atoms with Crippen LogP contribution in [0.5, 0.6) is 5.88 Å². The monoisotopic (exact) mass is 406 g/mol. The van der Waals surface area contributed by atoms with Crippen molar-refractivity contribution in [1.29, 1.82) is 0 Å². The van der Waals surface area contributed by atoms with Crippen LogP contribution in [0.3, 0.4) is 0 Å². The van der Waals surface area contributed by atoms with Gasteiger partial charge in [0.25, 0.3) is 0 Å². The fourth-order valence-corrected chi connectivity index (χ4v) is 3.68. The summed E-state index contributed by atoms with van der Waals surface area (Å²) in [5, 5.41) is 6.93. The van der Waals surface area contributed by atoms with Crippen molar-refractivity contribution in [3.63, 3.8) is 0 Å². The highest BCUT2D eigenvalue weighted by atomic mass is 16.5. The summed E-state index contributed by atoms with van der Waals surface area (Å²) in [5.41, 5.74) is 1.38. The number of guanidine groups is 1. The Hall–Kier alpha value is -1.86. The van der Waals surface area contributed by atoms with Gasteiger partial charge in [-0.2, -0.15) is 0 Å². The summed E-state index contributed by atoms with van der Waals surface area (Å²) < 4.78 is 16.1. The molecule has 2 N–H and O–H groups in total. The SMILES string of the molecule is CCNC(=NCc1ccc(OCCOC)nc1)NCC1(CCOCC)CCCC1. The average Bonchev–Trinajstić information content (AvgIpc) is 3.20. The highest BCUT2D eigenvalue weighted by Crippen LogP contribution is 2.40. The maximum atomic E-state index is 5.62. The fraction of sp³-hybridized carbons (Fsp3) is 0.727. The second kappa shape index (κ2) is 13.4. The predicted octanol–water partition coefficient (Wildman–Crippen LogP) is 3.15. The van der Waals surface area contributed by atoms with Crippen molar-refractivity contribution < 1.29 is 14.2 Å². The van der Waals surface area contributed by atoms with Crippen molar-refractivity contribution in [2.45, 2.75) is 52.5 Å². The van der Waals surface area contributed by atoms with Gasteiger partial charge >= 0.3 is 0 Å². The summed E-state index contributed by atoms with van der Waals surface area (Å²) in [6.45, 7) is 9.19. The number of ether oxygens (including phenoxy) is 3. The molecule has 0 aliphatic heterocycles. The minimum Gasteiger partial charge on any atom is -0.475 e. The van der Waals surface area contributed by atoms with Crippen LogP contribution in [-0.2, 0) is 16.0 Å². The largest absolute Gasteiger partial charge is 0.475 e. The molecule has 7 nitrogen and oxygen atoms in total. The molecule has 0 bridgehead atoms. The fourth-order valence-electron chi connectivity index (χ4n) is 3.68. The molecule has 1 aromatic heterocycles. The molecule has 1 saturated carbocycles. The molecule has 1 aliphatic carbocycles. The number of methoxy groups -OCH3 is 1. The maximum absolute atomic E-state index is 5.62. The van der Waals surface area contributed by atoms with E-state index in [2.05, 4.69) is 29.5 Å². The zero-order valence-electron chi connectivity index (χ0n) is 18.3. The zero-order chi connectivity index (χ0) is 20.8. The van der Waals surface area contributed by atoms with Gasteiger partial charge in [0.2, 0.25) is 5.88 Å². The van der Waals surface area contributed by atoms with E-state index >= 15 is 0 Å². The van der Waals surface area contributed by atoms with Crippen LogP contribution < -0.4 is 15.4 Å². The van der Waals surface area contributed by atoms with Crippen molar-refractivity contribution in [2.24, 2.45) is 10.4 Å². The first-order chi connectivity index (χ1) is 14.2. The second-order valence-corrected chi connectivity index (χ2v) is 7.55. The predicted molar refractivity (Wildman–Crippen MR) is 116 cm³/mol. The number of nitrogens with zero attached hydrogens (tertiary/aromatic N) is 2. The second-order valence-electron chi connectivity index (χ2n) is 7.55. The standard InChI is InChI=1S/C22H38N4O3/c1-4-23-21(26-18-22(10-6-7-11-22)12-13-28-5-2)25-17-19-8-9-20(24-16-19)29-15-14-27-3/h8-9,16H,4-7,10-15,17-18H2,1-3H3,(H2,23,25,26). The van der Waals surface area contributed by atoms with E-state index < -0.39 is 0 Å². The Kier molecular flexibility index (Phi) is 10.8. The van der Waals surface area contributed by atoms with Gasteiger partial charge in [-0.25, -0.2) is 9.98 Å². The topological polar surface area (TPSA) is 77.0 Å². The van der Waals surface area contributed by atoms with Gasteiger partial charge < -0.3 is 24.8 Å². The Labute approximate surface area is 175 Å². The van der Waals surface area contributed by atoms with E-state index in [1.165, 1.54) is 25.7 Å². The Balaban J connectivity index is 1.88. The molecular weight excluding hydrogens is 368 g/mol. The van der Waals surface area contributed by atoms with Crippen molar-refractivity contribution in [2.75, 3.05) is 46.6 Å². The highest BCUT2D eigenvalue weighted by molar-refractivity contribution is 5.79. The summed E-state index contributed by atoms with van der Waals surface area (Å²) >= 11 is 0. The Morgan fingerprint density at radius 3 is 2.62 bits per heavy atom. The molecule has 7 heteroatoms. The number of hydrogen-bond acceptors (Lipinski definition) is 5. The van der Waals surface area contributed by atoms with Crippen molar-refractivity contribution in [1.82, 2.24) is 15.6 Å². The minimum atomic E-state index is 0.327. The number of rotatable bonds is 13. The number of aliphatic imine (C=N–C) groups is 1. The molecule has 0 unspecified atom stereocenters. The quantitative estimate of drug-likeness (QED) is 0.298. The number of hydrogen-bond donors (Lipinski definition) is 2. The van der Waals surface area contributed by atoms with E-state index in [4.69, 9.17) is 19.2 Å². The summed E-state index contributed by atoms with van der Waals surface area (Å²) in [7, 11) is 1.65. The van der Waals surface area contributed by atoms with Crippen LogP contribution in [0.15, 0.2) is 23.3 Å². The molecule has 1 fully saturated rings. The highest BCUT2D eigenvalue weighted by Gasteiger charge is 2.33. The molecule has 0 saturated heterocycles. The van der Waals surface area contributed by atoms with Gasteiger partial charge in [-0.05, 0) is 44.1 Å². The van der Waals surface area contributed by atoms with Crippen LogP contribution in [0.2, 0.25) is 0 Å². The molecule has 0 amide bonds. The first kappa shape index (κ1) is 23.4. The van der Waals surface area contributed by atoms with E-state index in [1.807, 2.05) is 18.3 Å². The van der Waals surface area contributed by atoms with E-state index in [0.717, 1.165) is 44.2 Å². The molecule has 0 atom stereocenters. The lowest BCUT2D eigenvalue weighted by atomic mass is 9.83. The third kappa shape index (κ3) is 8.58. The number of nitrogens with one attached hydrogen (secondary N) is 2. The van der Waals surface area contributed by atoms with Gasteiger partial charge in [0.05, 0.1) is 13.2 Å². The third-order valence-corrected chi connectivity index (χ3v) is 5.37. The van der Waals surface area contributed by atoms with Crippen LogP contribution in [0.4, 0.5) is 0 Å². The lowest BCUT2D eigenvalue weighted by Crippen LogP contribution is -2.43. The molecule has 0 aromatic carbocycles. The first-order valence-corrected chi connectivity index (χ1v) is 10.9. The minimum absolute atomic E-state index is 0.327. The molecule has 0 spiro atoms. The van der Waals surface area contributed by atoms with Gasteiger partial charge in [-0.3, -0.25) is 0 Å². The van der Waals surface area contributed by atoms with Gasteiger partial charge in [0, 0.05) is 45.7 Å². The summed E-state index contributed by atoms with van der Waals surface area (Å²) in [6.07, 6.45) is 8.08. The van der Waals surface area contributed by atoms with E-state index in [0.29, 0.717) is 31.1 Å². The maximum Gasteiger partial charge on any atom is 0.213 e. The molecule has 29 heavy (non-hydrogen) atoms. The van der Waals surface area contributed by atoms with E-state index in [9.17, 15) is 0 Å². The number of aromatic nitrogens is 1. The van der Waals surface area contributed by atoms with Crippen LogP contribution in [0.1, 0.15) is 51.5 Å². The molecule has 1 aliphatic rings. The van der Waals surface area contributed by atoms with Crippen molar-refractivity contribution >= 4 is 5.96 Å². The van der Waals surface area contributed by atoms with Gasteiger partial charge in [-0.15, -0.1) is 0 Å². The number of pyridine rings is 1. The Morgan fingerprint density at radius 1 is 1.14 bits per heavy atom. The molecule has 0 radical (unpaired) electrons. The summed E-state index contributed by atoms with van der Waals surface area (Å²) in [4.78, 5) is 9.07. The Morgan fingerprint density at radius 2 is 1.97 bits per heavy atom. The molecular formula is C22H38N4O3. The van der Waals surface area contributed by atoms with E-state index in [-0.39, 0.29) is 0 Å². The van der Waals surface area contributed by atoms with Crippen molar-refractivity contribution in [3.05, 3.63) is 23.9 Å². The van der Waals surface area contributed by atoms with Gasteiger partial charge in [-0.1, -0.05) is 18.9 Å². The molecule has 2 rings (SSSR count). The normalized spacial score (nSPS) is 16.0. The molecule has 1 heterocycles. The average molecular weight is 407 g/mol. The summed E-state index contributed by atoms with van der Waals surface area (Å²) in [6, 6.07) is 3.88. The lowest BCUT2D eigenvalue weighted by molar-refractivity contribution is 0.105. The summed E-state index contributed by atoms with van der Waals surface area (Å²) in [5.74, 6) is 1.47. The first-order valence-electron chi connectivity index (χ1n) is 10.9. The molecule has 164 valence electrons. The lowest BCUT2D eigenvalue weighted by Gasteiger charge is -2.30. The van der Waals surface area contributed by atoms with Crippen LogP contribution in [0, 0.1) is 5.41 Å².